The van der Waals surface area contributed by atoms with Crippen LogP contribution in [0.4, 0.5) is 0 Å². The van der Waals surface area contributed by atoms with Crippen LogP contribution < -0.4 is 14.9 Å². The third-order valence-corrected chi connectivity index (χ3v) is 7.06. The summed E-state index contributed by atoms with van der Waals surface area (Å²) < 4.78 is 39.5. The summed E-state index contributed by atoms with van der Waals surface area (Å²) in [7, 11) is -4.34. The summed E-state index contributed by atoms with van der Waals surface area (Å²) in [4.78, 5) is 28.6. The fraction of sp³-hybridized carbons (Fsp3) is 0.192. The van der Waals surface area contributed by atoms with Gasteiger partial charge in [-0.25, -0.2) is 9.71 Å². The monoisotopic (exact) mass is 526 g/mol. The van der Waals surface area contributed by atoms with Gasteiger partial charge in [-0.15, -0.1) is 0 Å². The first-order valence-corrected chi connectivity index (χ1v) is 12.8. The van der Waals surface area contributed by atoms with Gasteiger partial charge >= 0.3 is 0 Å². The van der Waals surface area contributed by atoms with Crippen molar-refractivity contribution in [1.82, 2.24) is 9.71 Å². The Labute approximate surface area is 212 Å². The minimum Gasteiger partial charge on any atom is -0.483 e. The molecule has 1 atom stereocenters. The van der Waals surface area contributed by atoms with E-state index in [1.54, 1.807) is 19.9 Å². The Hall–Kier alpha value is -3.69. The van der Waals surface area contributed by atoms with Gasteiger partial charge in [0.1, 0.15) is 22.6 Å². The van der Waals surface area contributed by atoms with Crippen molar-refractivity contribution in [2.45, 2.75) is 38.8 Å². The third kappa shape index (κ3) is 4.98. The van der Waals surface area contributed by atoms with E-state index in [9.17, 15) is 18.0 Å². The average Bonchev–Trinajstić information content (AvgIpc) is 2.82. The number of ether oxygens (including phenoxy) is 1. The minimum absolute atomic E-state index is 0.0890. The molecule has 2 heterocycles. The number of fused-ring (bicyclic) bond motifs is 1. The molecule has 4 rings (SSSR count). The Balaban J connectivity index is 1.87. The number of aromatic nitrogens is 1. The number of sulfonamides is 1. The maximum absolute atomic E-state index is 13.3. The van der Waals surface area contributed by atoms with E-state index in [0.717, 1.165) is 18.1 Å². The van der Waals surface area contributed by atoms with Crippen molar-refractivity contribution in [2.24, 2.45) is 0 Å². The van der Waals surface area contributed by atoms with Gasteiger partial charge in [-0.05, 0) is 50.6 Å². The maximum atomic E-state index is 13.3. The smallest absolute Gasteiger partial charge is 0.285 e. The summed E-state index contributed by atoms with van der Waals surface area (Å²) in [6.07, 6.45) is -0.767. The van der Waals surface area contributed by atoms with E-state index in [2.05, 4.69) is 4.98 Å². The van der Waals surface area contributed by atoms with Crippen LogP contribution in [0.1, 0.15) is 36.6 Å². The highest BCUT2D eigenvalue weighted by molar-refractivity contribution is 7.90. The van der Waals surface area contributed by atoms with Gasteiger partial charge in [-0.3, -0.25) is 9.59 Å². The van der Waals surface area contributed by atoms with E-state index in [-0.39, 0.29) is 16.3 Å². The van der Waals surface area contributed by atoms with E-state index in [1.807, 2.05) is 48.0 Å². The van der Waals surface area contributed by atoms with Crippen molar-refractivity contribution in [3.8, 4) is 17.1 Å². The van der Waals surface area contributed by atoms with Gasteiger partial charge < -0.3 is 9.15 Å². The molecule has 1 N–H and O–H groups in total. The molecule has 0 aliphatic rings. The van der Waals surface area contributed by atoms with Crippen LogP contribution in [-0.2, 0) is 14.8 Å². The van der Waals surface area contributed by atoms with Crippen molar-refractivity contribution in [3.05, 3.63) is 86.7 Å². The first kappa shape index (κ1) is 25.4. The Morgan fingerprint density at radius 2 is 1.81 bits per heavy atom. The lowest BCUT2D eigenvalue weighted by atomic mass is 10.00. The molecule has 0 aliphatic carbocycles. The molecule has 2 aromatic carbocycles. The summed E-state index contributed by atoms with van der Waals surface area (Å²) in [6.45, 7) is 6.32. The molecule has 0 spiro atoms. The molecule has 36 heavy (non-hydrogen) atoms. The average molecular weight is 527 g/mol. The SMILES string of the molecule is CC(=O)NS(=O)(=O)c1nc(Cl)ccc1O[C@H](C)c1cc(C)cc2c(=O)c(C)c(-c3ccccc3)oc12. The van der Waals surface area contributed by atoms with E-state index in [0.29, 0.717) is 27.9 Å². The van der Waals surface area contributed by atoms with Gasteiger partial charge in [0.15, 0.2) is 11.2 Å². The highest BCUT2D eigenvalue weighted by Gasteiger charge is 2.26. The number of nitrogens with one attached hydrogen (secondary N) is 1. The summed E-state index contributed by atoms with van der Waals surface area (Å²) in [6, 6.07) is 15.6. The molecule has 186 valence electrons. The predicted molar refractivity (Wildman–Crippen MR) is 137 cm³/mol. The molecule has 0 radical (unpaired) electrons. The fourth-order valence-electron chi connectivity index (χ4n) is 3.91. The number of carbonyl (C=O) groups excluding carboxylic acids is 1. The van der Waals surface area contributed by atoms with Crippen LogP contribution in [0.2, 0.25) is 5.15 Å². The van der Waals surface area contributed by atoms with Crippen LogP contribution in [0.25, 0.3) is 22.3 Å². The normalized spacial score (nSPS) is 12.4. The van der Waals surface area contributed by atoms with Crippen LogP contribution >= 0.6 is 11.6 Å². The number of amides is 1. The molecule has 0 saturated heterocycles. The number of hydrogen-bond donors (Lipinski definition) is 1. The quantitative estimate of drug-likeness (QED) is 0.348. The summed E-state index contributed by atoms with van der Waals surface area (Å²) >= 11 is 5.93. The molecule has 0 saturated carbocycles. The highest BCUT2D eigenvalue weighted by atomic mass is 35.5. The number of rotatable bonds is 6. The number of carbonyl (C=O) groups is 1. The first-order valence-electron chi connectivity index (χ1n) is 11.0. The molecule has 0 bridgehead atoms. The largest absolute Gasteiger partial charge is 0.483 e. The van der Waals surface area contributed by atoms with E-state index in [1.165, 1.54) is 12.1 Å². The summed E-state index contributed by atoms with van der Waals surface area (Å²) in [5, 5.41) is -0.233. The molecular formula is C26H23ClN2O6S. The maximum Gasteiger partial charge on any atom is 0.285 e. The third-order valence-electron chi connectivity index (χ3n) is 5.49. The summed E-state index contributed by atoms with van der Waals surface area (Å²) in [5.74, 6) is -0.466. The van der Waals surface area contributed by atoms with E-state index < -0.39 is 27.1 Å². The topological polar surface area (TPSA) is 116 Å². The molecule has 8 nitrogen and oxygen atoms in total. The second kappa shape index (κ2) is 9.75. The molecule has 4 aromatic rings. The molecule has 0 unspecified atom stereocenters. The number of hydrogen-bond acceptors (Lipinski definition) is 7. The van der Waals surface area contributed by atoms with Gasteiger partial charge in [-0.1, -0.05) is 41.9 Å². The zero-order valence-corrected chi connectivity index (χ0v) is 21.5. The number of pyridine rings is 1. The van der Waals surface area contributed by atoms with Gasteiger partial charge in [0.25, 0.3) is 10.0 Å². The Morgan fingerprint density at radius 3 is 2.47 bits per heavy atom. The van der Waals surface area contributed by atoms with E-state index >= 15 is 0 Å². The second-order valence-corrected chi connectivity index (χ2v) is 10.3. The number of nitrogens with zero attached hydrogens (tertiary/aromatic N) is 1. The van der Waals surface area contributed by atoms with Gasteiger partial charge in [0.05, 0.1) is 5.39 Å². The predicted octanol–water partition coefficient (Wildman–Crippen LogP) is 5.09. The minimum atomic E-state index is -4.34. The van der Waals surface area contributed by atoms with Crippen molar-refractivity contribution in [3.63, 3.8) is 0 Å². The number of halogens is 1. The fourth-order valence-corrected chi connectivity index (χ4v) is 5.19. The van der Waals surface area contributed by atoms with Crippen molar-refractivity contribution in [1.29, 1.82) is 0 Å². The van der Waals surface area contributed by atoms with E-state index in [4.69, 9.17) is 20.8 Å². The zero-order chi connectivity index (χ0) is 26.2. The van der Waals surface area contributed by atoms with Gasteiger partial charge in [-0.2, -0.15) is 8.42 Å². The molecule has 0 fully saturated rings. The van der Waals surface area contributed by atoms with Crippen LogP contribution in [0.15, 0.2) is 68.8 Å². The van der Waals surface area contributed by atoms with Crippen LogP contribution in [-0.4, -0.2) is 19.3 Å². The van der Waals surface area contributed by atoms with Crippen molar-refractivity contribution >= 4 is 38.5 Å². The molecule has 2 aromatic heterocycles. The Morgan fingerprint density at radius 1 is 1.11 bits per heavy atom. The number of benzene rings is 2. The first-order chi connectivity index (χ1) is 17.0. The lowest BCUT2D eigenvalue weighted by molar-refractivity contribution is -0.117. The Bertz CT molecular complexity index is 1650. The Kier molecular flexibility index (Phi) is 6.88. The molecule has 10 heteroatoms. The standard InChI is InChI=1S/C26H23ClN2O6S/c1-14-12-19(16(3)34-21-10-11-22(27)28-26(21)36(32,33)29-17(4)30)25-20(13-14)23(31)15(2)24(35-25)18-8-6-5-7-9-18/h5-13,16H,1-4H3,(H,29,30)/t16-/m1/s1. The van der Waals surface area contributed by atoms with Gasteiger partial charge in [0.2, 0.25) is 10.9 Å². The summed E-state index contributed by atoms with van der Waals surface area (Å²) in [5.41, 5.74) is 2.72. The molecule has 1 amide bonds. The highest BCUT2D eigenvalue weighted by Crippen LogP contribution is 2.34. The van der Waals surface area contributed by atoms with Crippen LogP contribution in [0.3, 0.4) is 0 Å². The lowest BCUT2D eigenvalue weighted by Gasteiger charge is -2.19. The van der Waals surface area contributed by atoms with Crippen molar-refractivity contribution < 1.29 is 22.4 Å². The van der Waals surface area contributed by atoms with Crippen molar-refractivity contribution in [2.75, 3.05) is 0 Å². The number of aryl methyl sites for hydroxylation is 1. The second-order valence-electron chi connectivity index (χ2n) is 8.34. The zero-order valence-electron chi connectivity index (χ0n) is 20.0. The molecular weight excluding hydrogens is 504 g/mol. The van der Waals surface area contributed by atoms with Gasteiger partial charge in [0, 0.05) is 23.6 Å². The van der Waals surface area contributed by atoms with Crippen LogP contribution in [0.5, 0.6) is 5.75 Å². The lowest BCUT2D eigenvalue weighted by Crippen LogP contribution is -2.29. The molecule has 0 aliphatic heterocycles. The van der Waals surface area contributed by atoms with Crippen LogP contribution in [0, 0.1) is 13.8 Å².